The molecule has 1 saturated heterocycles. The van der Waals surface area contributed by atoms with Gasteiger partial charge >= 0.3 is 0 Å². The van der Waals surface area contributed by atoms with E-state index in [4.69, 9.17) is 4.74 Å². The molecule has 1 aromatic rings. The molecule has 0 N–H and O–H groups in total. The summed E-state index contributed by atoms with van der Waals surface area (Å²) in [6, 6.07) is 8.33. The van der Waals surface area contributed by atoms with Crippen LogP contribution in [-0.2, 0) is 9.53 Å². The standard InChI is InChI=1S/C18H25NO2S/c1-3-12-21-13-16-8-10-19(11-9-16)18(20)14-22-17-6-4-15(2)5-7-17/h3-7,16H,1,8-14H2,2H3. The van der Waals surface area contributed by atoms with Crippen LogP contribution in [-0.4, -0.2) is 42.9 Å². The highest BCUT2D eigenvalue weighted by Crippen LogP contribution is 2.21. The predicted octanol–water partition coefficient (Wildman–Crippen LogP) is 3.53. The van der Waals surface area contributed by atoms with E-state index in [1.165, 1.54) is 5.56 Å². The van der Waals surface area contributed by atoms with E-state index in [9.17, 15) is 4.79 Å². The van der Waals surface area contributed by atoms with Gasteiger partial charge in [0, 0.05) is 24.6 Å². The molecule has 2 rings (SSSR count). The van der Waals surface area contributed by atoms with Crippen molar-refractivity contribution < 1.29 is 9.53 Å². The number of hydrogen-bond donors (Lipinski definition) is 0. The van der Waals surface area contributed by atoms with Crippen molar-refractivity contribution in [3.8, 4) is 0 Å². The van der Waals surface area contributed by atoms with Crippen molar-refractivity contribution >= 4 is 17.7 Å². The highest BCUT2D eigenvalue weighted by Gasteiger charge is 2.22. The number of likely N-dealkylation sites (tertiary alicyclic amines) is 1. The summed E-state index contributed by atoms with van der Waals surface area (Å²) >= 11 is 1.62. The van der Waals surface area contributed by atoms with Gasteiger partial charge in [-0.3, -0.25) is 4.79 Å². The minimum atomic E-state index is 0.246. The zero-order chi connectivity index (χ0) is 15.8. The number of benzene rings is 1. The van der Waals surface area contributed by atoms with Gasteiger partial charge < -0.3 is 9.64 Å². The molecule has 1 aliphatic heterocycles. The van der Waals surface area contributed by atoms with E-state index in [-0.39, 0.29) is 5.91 Å². The Morgan fingerprint density at radius 2 is 2.05 bits per heavy atom. The highest BCUT2D eigenvalue weighted by molar-refractivity contribution is 8.00. The molecule has 1 aromatic carbocycles. The Morgan fingerprint density at radius 1 is 1.36 bits per heavy atom. The molecule has 120 valence electrons. The fourth-order valence-electron chi connectivity index (χ4n) is 2.54. The van der Waals surface area contributed by atoms with Crippen LogP contribution in [0, 0.1) is 12.8 Å². The van der Waals surface area contributed by atoms with E-state index < -0.39 is 0 Å². The average molecular weight is 319 g/mol. The Morgan fingerprint density at radius 3 is 2.68 bits per heavy atom. The van der Waals surface area contributed by atoms with Crippen molar-refractivity contribution in [2.24, 2.45) is 5.92 Å². The first-order valence-corrected chi connectivity index (χ1v) is 8.83. The monoisotopic (exact) mass is 319 g/mol. The lowest BCUT2D eigenvalue weighted by atomic mass is 9.98. The van der Waals surface area contributed by atoms with E-state index in [1.54, 1.807) is 17.8 Å². The molecule has 1 fully saturated rings. The summed E-state index contributed by atoms with van der Waals surface area (Å²) in [5, 5.41) is 0. The third kappa shape index (κ3) is 5.50. The van der Waals surface area contributed by atoms with Crippen LogP contribution in [0.25, 0.3) is 0 Å². The van der Waals surface area contributed by atoms with E-state index in [0.717, 1.165) is 37.4 Å². The summed E-state index contributed by atoms with van der Waals surface area (Å²) in [6.45, 7) is 8.83. The van der Waals surface area contributed by atoms with Crippen molar-refractivity contribution in [3.63, 3.8) is 0 Å². The second kappa shape index (κ2) is 9.01. The fraction of sp³-hybridized carbons (Fsp3) is 0.500. The lowest BCUT2D eigenvalue weighted by molar-refractivity contribution is -0.130. The third-order valence-electron chi connectivity index (χ3n) is 3.94. The number of piperidine rings is 1. The van der Waals surface area contributed by atoms with Gasteiger partial charge in [-0.1, -0.05) is 23.8 Å². The normalized spacial score (nSPS) is 15.8. The minimum Gasteiger partial charge on any atom is -0.377 e. The molecule has 4 heteroatoms. The van der Waals surface area contributed by atoms with Gasteiger partial charge in [-0.05, 0) is 37.8 Å². The summed E-state index contributed by atoms with van der Waals surface area (Å²) in [7, 11) is 0. The fourth-order valence-corrected chi connectivity index (χ4v) is 3.34. The Bertz CT molecular complexity index is 478. The number of ether oxygens (including phenoxy) is 1. The Hall–Kier alpha value is -1.26. The number of rotatable bonds is 7. The first-order chi connectivity index (χ1) is 10.7. The molecule has 3 nitrogen and oxygen atoms in total. The smallest absolute Gasteiger partial charge is 0.232 e. The molecule has 0 aromatic heterocycles. The number of carbonyl (C=O) groups is 1. The summed E-state index contributed by atoms with van der Waals surface area (Å²) < 4.78 is 5.51. The van der Waals surface area contributed by atoms with E-state index in [0.29, 0.717) is 18.3 Å². The van der Waals surface area contributed by atoms with Gasteiger partial charge in [0.1, 0.15) is 0 Å². The molecule has 0 saturated carbocycles. The number of aryl methyl sites for hydroxylation is 1. The molecular weight excluding hydrogens is 294 g/mol. The third-order valence-corrected chi connectivity index (χ3v) is 4.94. The van der Waals surface area contributed by atoms with Crippen LogP contribution < -0.4 is 0 Å². The predicted molar refractivity (Wildman–Crippen MR) is 92.2 cm³/mol. The van der Waals surface area contributed by atoms with E-state index in [2.05, 4.69) is 37.8 Å². The maximum atomic E-state index is 12.3. The van der Waals surface area contributed by atoms with Gasteiger partial charge in [0.15, 0.2) is 0 Å². The lowest BCUT2D eigenvalue weighted by Crippen LogP contribution is -2.40. The van der Waals surface area contributed by atoms with Gasteiger partial charge in [0.25, 0.3) is 0 Å². The van der Waals surface area contributed by atoms with Gasteiger partial charge in [0.2, 0.25) is 5.91 Å². The largest absolute Gasteiger partial charge is 0.377 e. The Kier molecular flexibility index (Phi) is 7.00. The van der Waals surface area contributed by atoms with Crippen molar-refractivity contribution in [1.82, 2.24) is 4.90 Å². The van der Waals surface area contributed by atoms with Crippen LogP contribution in [0.15, 0.2) is 41.8 Å². The van der Waals surface area contributed by atoms with Crippen LogP contribution in [0.1, 0.15) is 18.4 Å². The number of hydrogen-bond acceptors (Lipinski definition) is 3. The Labute approximate surface area is 137 Å². The van der Waals surface area contributed by atoms with E-state index >= 15 is 0 Å². The van der Waals surface area contributed by atoms with Gasteiger partial charge in [-0.25, -0.2) is 0 Å². The van der Waals surface area contributed by atoms with Gasteiger partial charge in [-0.15, -0.1) is 18.3 Å². The molecule has 0 bridgehead atoms. The topological polar surface area (TPSA) is 29.5 Å². The van der Waals surface area contributed by atoms with Crippen molar-refractivity contribution in [3.05, 3.63) is 42.5 Å². The number of carbonyl (C=O) groups excluding carboxylic acids is 1. The highest BCUT2D eigenvalue weighted by atomic mass is 32.2. The lowest BCUT2D eigenvalue weighted by Gasteiger charge is -2.31. The van der Waals surface area contributed by atoms with Crippen LogP contribution in [0.3, 0.4) is 0 Å². The molecule has 22 heavy (non-hydrogen) atoms. The number of amides is 1. The maximum absolute atomic E-state index is 12.3. The molecule has 1 aliphatic rings. The van der Waals surface area contributed by atoms with Gasteiger partial charge in [-0.2, -0.15) is 0 Å². The van der Waals surface area contributed by atoms with Crippen molar-refractivity contribution in [2.45, 2.75) is 24.7 Å². The second-order valence-corrected chi connectivity index (χ2v) is 6.80. The molecule has 0 spiro atoms. The molecule has 0 radical (unpaired) electrons. The van der Waals surface area contributed by atoms with Crippen LogP contribution >= 0.6 is 11.8 Å². The summed E-state index contributed by atoms with van der Waals surface area (Å²) in [4.78, 5) is 15.4. The minimum absolute atomic E-state index is 0.246. The molecule has 0 unspecified atom stereocenters. The zero-order valence-electron chi connectivity index (χ0n) is 13.3. The quantitative estimate of drug-likeness (QED) is 0.437. The molecular formula is C18H25NO2S. The molecule has 1 amide bonds. The summed E-state index contributed by atoms with van der Waals surface area (Å²) in [6.07, 6.45) is 3.86. The molecule has 0 atom stereocenters. The number of thioether (sulfide) groups is 1. The van der Waals surface area contributed by atoms with Crippen LogP contribution in [0.2, 0.25) is 0 Å². The van der Waals surface area contributed by atoms with Crippen LogP contribution in [0.5, 0.6) is 0 Å². The van der Waals surface area contributed by atoms with Crippen molar-refractivity contribution in [2.75, 3.05) is 32.1 Å². The zero-order valence-corrected chi connectivity index (χ0v) is 14.1. The van der Waals surface area contributed by atoms with Crippen molar-refractivity contribution in [1.29, 1.82) is 0 Å². The Balaban J connectivity index is 1.68. The maximum Gasteiger partial charge on any atom is 0.232 e. The first-order valence-electron chi connectivity index (χ1n) is 7.85. The number of nitrogens with zero attached hydrogens (tertiary/aromatic N) is 1. The average Bonchev–Trinajstić information content (AvgIpc) is 2.55. The SMILES string of the molecule is C=CCOCC1CCN(C(=O)CSc2ccc(C)cc2)CC1. The summed E-state index contributed by atoms with van der Waals surface area (Å²) in [5.41, 5.74) is 1.25. The molecule has 1 heterocycles. The summed E-state index contributed by atoms with van der Waals surface area (Å²) in [5.74, 6) is 1.35. The molecule has 0 aliphatic carbocycles. The van der Waals surface area contributed by atoms with E-state index in [1.807, 2.05) is 4.90 Å². The van der Waals surface area contributed by atoms with Gasteiger partial charge in [0.05, 0.1) is 12.4 Å². The van der Waals surface area contributed by atoms with Crippen LogP contribution in [0.4, 0.5) is 0 Å². The second-order valence-electron chi connectivity index (χ2n) is 5.75. The first kappa shape index (κ1) is 17.1.